The summed E-state index contributed by atoms with van der Waals surface area (Å²) >= 11 is 5.91. The van der Waals surface area contributed by atoms with Crippen molar-refractivity contribution in [1.82, 2.24) is 14.9 Å². The third-order valence-corrected chi connectivity index (χ3v) is 5.65. The van der Waals surface area contributed by atoms with Crippen molar-refractivity contribution in [2.45, 2.75) is 32.1 Å². The Labute approximate surface area is 169 Å². The van der Waals surface area contributed by atoms with Crippen LogP contribution in [-0.2, 0) is 22.6 Å². The molecule has 2 aliphatic rings. The first kappa shape index (κ1) is 19.1. The van der Waals surface area contributed by atoms with Crippen molar-refractivity contribution in [2.24, 2.45) is 5.73 Å². The maximum Gasteiger partial charge on any atom is 0.239 e. The monoisotopic (exact) mass is 401 g/mol. The Hall–Kier alpha value is -2.22. The first-order chi connectivity index (χ1) is 13.5. The van der Waals surface area contributed by atoms with Gasteiger partial charge in [-0.05, 0) is 31.0 Å². The van der Waals surface area contributed by atoms with E-state index in [0.29, 0.717) is 31.1 Å². The molecule has 0 unspecified atom stereocenters. The molecule has 2 aromatic rings. The molecule has 3 heterocycles. The van der Waals surface area contributed by atoms with E-state index in [2.05, 4.69) is 14.9 Å². The van der Waals surface area contributed by atoms with Gasteiger partial charge in [-0.25, -0.2) is 9.97 Å². The van der Waals surface area contributed by atoms with Gasteiger partial charge >= 0.3 is 0 Å². The summed E-state index contributed by atoms with van der Waals surface area (Å²) in [5.41, 5.74) is 9.22. The summed E-state index contributed by atoms with van der Waals surface area (Å²) in [4.78, 5) is 25.6. The zero-order valence-electron chi connectivity index (χ0n) is 15.8. The lowest BCUT2D eigenvalue weighted by molar-refractivity contribution is -0.132. The summed E-state index contributed by atoms with van der Waals surface area (Å²) in [6, 6.07) is 6.90. The fraction of sp³-hybridized carbons (Fsp3) is 0.450. The van der Waals surface area contributed by atoms with Gasteiger partial charge in [-0.3, -0.25) is 4.79 Å². The lowest BCUT2D eigenvalue weighted by Gasteiger charge is -2.37. The fourth-order valence-electron chi connectivity index (χ4n) is 3.83. The number of halogens is 1. The molecule has 1 amide bonds. The normalized spacial score (nSPS) is 20.2. The first-order valence-electron chi connectivity index (χ1n) is 9.52. The molecule has 8 heteroatoms. The molecular formula is C20H24ClN5O2. The number of anilines is 1. The van der Waals surface area contributed by atoms with Crippen molar-refractivity contribution < 1.29 is 9.53 Å². The Balaban J connectivity index is 1.37. The highest BCUT2D eigenvalue weighted by Gasteiger charge is 2.31. The van der Waals surface area contributed by atoms with Gasteiger partial charge in [-0.1, -0.05) is 23.7 Å². The van der Waals surface area contributed by atoms with Crippen molar-refractivity contribution in [3.63, 3.8) is 0 Å². The molecule has 1 fully saturated rings. The van der Waals surface area contributed by atoms with E-state index in [-0.39, 0.29) is 12.0 Å². The van der Waals surface area contributed by atoms with Gasteiger partial charge in [0, 0.05) is 36.8 Å². The average molecular weight is 402 g/mol. The smallest absolute Gasteiger partial charge is 0.239 e. The van der Waals surface area contributed by atoms with Crippen LogP contribution in [0.15, 0.2) is 30.6 Å². The molecular weight excluding hydrogens is 378 g/mol. The second-order valence-corrected chi connectivity index (χ2v) is 7.70. The van der Waals surface area contributed by atoms with Crippen LogP contribution in [0.1, 0.15) is 29.8 Å². The van der Waals surface area contributed by atoms with Gasteiger partial charge in [0.25, 0.3) is 0 Å². The Morgan fingerprint density at radius 2 is 1.96 bits per heavy atom. The van der Waals surface area contributed by atoms with E-state index < -0.39 is 6.04 Å². The van der Waals surface area contributed by atoms with Crippen molar-refractivity contribution in [1.29, 1.82) is 0 Å². The van der Waals surface area contributed by atoms with Gasteiger partial charge in [-0.2, -0.15) is 0 Å². The van der Waals surface area contributed by atoms with E-state index in [1.165, 1.54) is 0 Å². The van der Waals surface area contributed by atoms with E-state index in [9.17, 15) is 4.79 Å². The van der Waals surface area contributed by atoms with E-state index in [1.807, 2.05) is 36.1 Å². The number of aromatic nitrogens is 2. The van der Waals surface area contributed by atoms with Gasteiger partial charge < -0.3 is 20.3 Å². The lowest BCUT2D eigenvalue weighted by Crippen LogP contribution is -2.54. The van der Waals surface area contributed by atoms with Crippen LogP contribution in [0.5, 0.6) is 0 Å². The maximum absolute atomic E-state index is 12.8. The van der Waals surface area contributed by atoms with Crippen LogP contribution in [0.4, 0.5) is 5.82 Å². The van der Waals surface area contributed by atoms with Crippen LogP contribution in [0, 0.1) is 0 Å². The number of hydrogen-bond donors (Lipinski definition) is 1. The van der Waals surface area contributed by atoms with Crippen molar-refractivity contribution >= 4 is 23.3 Å². The fourth-order valence-corrected chi connectivity index (χ4v) is 3.95. The van der Waals surface area contributed by atoms with Gasteiger partial charge in [0.1, 0.15) is 12.1 Å². The molecule has 0 saturated carbocycles. The minimum absolute atomic E-state index is 0.00124. The number of carbonyl (C=O) groups is 1. The predicted octanol–water partition coefficient (Wildman–Crippen LogP) is 1.94. The minimum Gasteiger partial charge on any atom is -0.367 e. The average Bonchev–Trinajstić information content (AvgIpc) is 3.10. The molecule has 4 rings (SSSR count). The van der Waals surface area contributed by atoms with Gasteiger partial charge in [0.05, 0.1) is 24.4 Å². The molecule has 0 aliphatic carbocycles. The van der Waals surface area contributed by atoms with Crippen LogP contribution in [-0.4, -0.2) is 53.0 Å². The highest BCUT2D eigenvalue weighted by atomic mass is 35.5. The zero-order chi connectivity index (χ0) is 19.7. The minimum atomic E-state index is -0.551. The topological polar surface area (TPSA) is 84.6 Å². The second-order valence-electron chi connectivity index (χ2n) is 7.26. The molecule has 2 N–H and O–H groups in total. The molecule has 7 nitrogen and oxygen atoms in total. The van der Waals surface area contributed by atoms with E-state index >= 15 is 0 Å². The molecule has 28 heavy (non-hydrogen) atoms. The molecule has 1 aromatic carbocycles. The van der Waals surface area contributed by atoms with Crippen molar-refractivity contribution in [2.75, 3.05) is 31.1 Å². The number of amides is 1. The third kappa shape index (κ3) is 3.83. The Kier molecular flexibility index (Phi) is 5.48. The third-order valence-electron chi connectivity index (χ3n) is 5.40. The summed E-state index contributed by atoms with van der Waals surface area (Å²) in [6.45, 7) is 5.24. The molecule has 0 radical (unpaired) electrons. The number of rotatable bonds is 4. The largest absolute Gasteiger partial charge is 0.367 e. The highest BCUT2D eigenvalue weighted by molar-refractivity contribution is 6.30. The Morgan fingerprint density at radius 3 is 2.68 bits per heavy atom. The molecule has 2 aliphatic heterocycles. The molecule has 1 saturated heterocycles. The number of hydrogen-bond acceptors (Lipinski definition) is 6. The van der Waals surface area contributed by atoms with Crippen LogP contribution in [0.25, 0.3) is 0 Å². The molecule has 2 atom stereocenters. The van der Waals surface area contributed by atoms with Gasteiger partial charge in [0.15, 0.2) is 0 Å². The van der Waals surface area contributed by atoms with Gasteiger partial charge in [-0.15, -0.1) is 0 Å². The molecule has 0 spiro atoms. The quantitative estimate of drug-likeness (QED) is 0.842. The standard InChI is InChI=1S/C20H24ClN5O2/c1-13-18-17(11-28-13)23-12-24-19(18)25-6-8-26(9-7-25)20(27)16(22)10-14-2-4-15(21)5-3-14/h2-5,12-13,16H,6-11,22H2,1H3/t13-,16+/m0/s1. The highest BCUT2D eigenvalue weighted by Crippen LogP contribution is 2.35. The van der Waals surface area contributed by atoms with Crippen molar-refractivity contribution in [3.8, 4) is 0 Å². The number of nitrogens with two attached hydrogens (primary N) is 1. The van der Waals surface area contributed by atoms with E-state index in [1.54, 1.807) is 6.33 Å². The zero-order valence-corrected chi connectivity index (χ0v) is 16.6. The summed E-state index contributed by atoms with van der Waals surface area (Å²) in [5, 5.41) is 0.677. The van der Waals surface area contributed by atoms with E-state index in [4.69, 9.17) is 22.1 Å². The number of ether oxygens (including phenoxy) is 1. The van der Waals surface area contributed by atoms with Crippen LogP contribution in [0.2, 0.25) is 5.02 Å². The summed E-state index contributed by atoms with van der Waals surface area (Å²) in [6.07, 6.45) is 2.10. The van der Waals surface area contributed by atoms with Gasteiger partial charge in [0.2, 0.25) is 5.91 Å². The Bertz CT molecular complexity index is 852. The van der Waals surface area contributed by atoms with Crippen LogP contribution >= 0.6 is 11.6 Å². The number of nitrogens with zero attached hydrogens (tertiary/aromatic N) is 4. The summed E-state index contributed by atoms with van der Waals surface area (Å²) in [5.74, 6) is 0.909. The SMILES string of the molecule is C[C@@H]1OCc2ncnc(N3CCN(C(=O)[C@H](N)Cc4ccc(Cl)cc4)CC3)c21. The van der Waals surface area contributed by atoms with Crippen LogP contribution < -0.4 is 10.6 Å². The number of benzene rings is 1. The lowest BCUT2D eigenvalue weighted by atomic mass is 10.1. The second kappa shape index (κ2) is 8.03. The molecule has 148 valence electrons. The Morgan fingerprint density at radius 1 is 1.25 bits per heavy atom. The number of piperazine rings is 1. The summed E-state index contributed by atoms with van der Waals surface area (Å²) < 4.78 is 5.69. The maximum atomic E-state index is 12.8. The number of carbonyl (C=O) groups excluding carboxylic acids is 1. The molecule has 0 bridgehead atoms. The predicted molar refractivity (Wildman–Crippen MR) is 107 cm³/mol. The first-order valence-corrected chi connectivity index (χ1v) is 9.90. The number of fused-ring (bicyclic) bond motifs is 1. The van der Waals surface area contributed by atoms with Crippen molar-refractivity contribution in [3.05, 3.63) is 52.4 Å². The van der Waals surface area contributed by atoms with E-state index in [0.717, 1.165) is 35.7 Å². The molecule has 1 aromatic heterocycles. The van der Waals surface area contributed by atoms with Crippen LogP contribution in [0.3, 0.4) is 0 Å². The summed E-state index contributed by atoms with van der Waals surface area (Å²) in [7, 11) is 0.